The Morgan fingerprint density at radius 1 is 1.59 bits per heavy atom. The molecule has 0 saturated carbocycles. The zero-order valence-corrected chi connectivity index (χ0v) is 12.1. The van der Waals surface area contributed by atoms with Crippen molar-refractivity contribution in [3.8, 4) is 0 Å². The van der Waals surface area contributed by atoms with Crippen LogP contribution in [-0.2, 0) is 10.2 Å². The first-order chi connectivity index (χ1) is 7.91. The van der Waals surface area contributed by atoms with Crippen LogP contribution in [0.1, 0.15) is 32.1 Å². The van der Waals surface area contributed by atoms with Crippen molar-refractivity contribution in [2.45, 2.75) is 32.6 Å². The maximum Gasteiger partial charge on any atom is 0.229 e. The summed E-state index contributed by atoms with van der Waals surface area (Å²) in [5.41, 5.74) is 0.0988. The van der Waals surface area contributed by atoms with Crippen molar-refractivity contribution >= 4 is 35.0 Å². The Balaban J connectivity index is 2.19. The minimum absolute atomic E-state index is 0.0988. The summed E-state index contributed by atoms with van der Waals surface area (Å²) in [6, 6.07) is 0. The maximum atomic E-state index is 11.9. The molecule has 0 N–H and O–H groups in total. The Kier molecular flexibility index (Phi) is 3.50. The van der Waals surface area contributed by atoms with E-state index in [9.17, 15) is 4.79 Å². The molecule has 3 nitrogen and oxygen atoms in total. The fraction of sp³-hybridized carbons (Fsp3) is 0.667. The third-order valence-corrected chi connectivity index (χ3v) is 4.89. The van der Waals surface area contributed by atoms with Crippen LogP contribution in [0.5, 0.6) is 0 Å². The molecule has 1 aromatic heterocycles. The number of amides is 1. The number of thiol groups is 1. The van der Waals surface area contributed by atoms with Gasteiger partial charge in [0.15, 0.2) is 5.13 Å². The van der Waals surface area contributed by atoms with Crippen molar-refractivity contribution in [1.82, 2.24) is 4.98 Å². The number of hydrogen-bond donors (Lipinski definition) is 1. The fourth-order valence-electron chi connectivity index (χ4n) is 1.83. The van der Waals surface area contributed by atoms with E-state index in [2.05, 4.69) is 38.4 Å². The van der Waals surface area contributed by atoms with Crippen molar-refractivity contribution in [3.63, 3.8) is 0 Å². The van der Waals surface area contributed by atoms with Gasteiger partial charge >= 0.3 is 0 Å². The minimum atomic E-state index is 0.0988. The third-order valence-electron chi connectivity index (χ3n) is 2.93. The van der Waals surface area contributed by atoms with Crippen molar-refractivity contribution < 1.29 is 4.79 Å². The predicted octanol–water partition coefficient (Wildman–Crippen LogP) is 2.72. The molecule has 0 aliphatic carbocycles. The van der Waals surface area contributed by atoms with Crippen LogP contribution in [0.3, 0.4) is 0 Å². The average Bonchev–Trinajstić information content (AvgIpc) is 2.82. The van der Waals surface area contributed by atoms with Crippen LogP contribution in [0.15, 0.2) is 6.20 Å². The van der Waals surface area contributed by atoms with Crippen LogP contribution in [0.4, 0.5) is 5.13 Å². The summed E-state index contributed by atoms with van der Waals surface area (Å²) in [5, 5.41) is 0.837. The highest BCUT2D eigenvalue weighted by molar-refractivity contribution is 7.80. The standard InChI is InChI=1S/C12H18N2OS2/c1-12(2,3)9-5-13-11(17-9)14-6-8(7-16)4-10(14)15/h5,8,16H,4,6-7H2,1-3H3. The van der Waals surface area contributed by atoms with Gasteiger partial charge in [0.05, 0.1) is 0 Å². The molecule has 0 radical (unpaired) electrons. The summed E-state index contributed by atoms with van der Waals surface area (Å²) in [6.45, 7) is 7.24. The largest absolute Gasteiger partial charge is 0.288 e. The molecule has 1 atom stereocenters. The summed E-state index contributed by atoms with van der Waals surface area (Å²) in [5.74, 6) is 1.31. The van der Waals surface area contributed by atoms with Gasteiger partial charge in [-0.3, -0.25) is 9.69 Å². The lowest BCUT2D eigenvalue weighted by Gasteiger charge is -2.15. The van der Waals surface area contributed by atoms with Crippen LogP contribution >= 0.6 is 24.0 Å². The van der Waals surface area contributed by atoms with E-state index in [1.54, 1.807) is 16.2 Å². The van der Waals surface area contributed by atoms with Gasteiger partial charge in [-0.15, -0.1) is 11.3 Å². The van der Waals surface area contributed by atoms with Gasteiger partial charge in [-0.1, -0.05) is 20.8 Å². The predicted molar refractivity (Wildman–Crippen MR) is 75.1 cm³/mol. The first kappa shape index (κ1) is 12.9. The monoisotopic (exact) mass is 270 g/mol. The molecule has 1 aliphatic rings. The Morgan fingerprint density at radius 3 is 2.76 bits per heavy atom. The van der Waals surface area contributed by atoms with Crippen LogP contribution in [-0.4, -0.2) is 23.2 Å². The van der Waals surface area contributed by atoms with E-state index in [-0.39, 0.29) is 11.3 Å². The number of thiazole rings is 1. The molecule has 1 saturated heterocycles. The zero-order chi connectivity index (χ0) is 12.6. The van der Waals surface area contributed by atoms with Gasteiger partial charge in [-0.05, 0) is 17.1 Å². The number of carbonyl (C=O) groups excluding carboxylic acids is 1. The summed E-state index contributed by atoms with van der Waals surface area (Å²) in [6.07, 6.45) is 2.50. The number of nitrogens with zero attached hydrogens (tertiary/aromatic N) is 2. The molecule has 0 bridgehead atoms. The number of hydrogen-bond acceptors (Lipinski definition) is 4. The molecule has 0 aromatic carbocycles. The van der Waals surface area contributed by atoms with E-state index in [1.165, 1.54) is 4.88 Å². The number of aromatic nitrogens is 1. The van der Waals surface area contributed by atoms with E-state index in [4.69, 9.17) is 0 Å². The molecule has 2 heterocycles. The Morgan fingerprint density at radius 2 is 2.29 bits per heavy atom. The van der Waals surface area contributed by atoms with Crippen LogP contribution in [0.2, 0.25) is 0 Å². The molecule has 0 spiro atoms. The van der Waals surface area contributed by atoms with Crippen molar-refractivity contribution in [2.75, 3.05) is 17.2 Å². The smallest absolute Gasteiger partial charge is 0.229 e. The lowest BCUT2D eigenvalue weighted by atomic mass is 9.96. The van der Waals surface area contributed by atoms with Gasteiger partial charge in [0.1, 0.15) is 0 Å². The molecule has 94 valence electrons. The second kappa shape index (κ2) is 4.61. The number of rotatable bonds is 2. The van der Waals surface area contributed by atoms with Gasteiger partial charge in [-0.25, -0.2) is 4.98 Å². The lowest BCUT2D eigenvalue weighted by molar-refractivity contribution is -0.117. The van der Waals surface area contributed by atoms with Gasteiger partial charge in [0.25, 0.3) is 0 Å². The molecule has 1 amide bonds. The summed E-state index contributed by atoms with van der Waals surface area (Å²) >= 11 is 5.89. The number of anilines is 1. The van der Waals surface area contributed by atoms with E-state index in [0.29, 0.717) is 12.3 Å². The summed E-state index contributed by atoms with van der Waals surface area (Å²) < 4.78 is 0. The highest BCUT2D eigenvalue weighted by atomic mass is 32.1. The molecule has 1 unspecified atom stereocenters. The zero-order valence-electron chi connectivity index (χ0n) is 10.4. The fourth-order valence-corrected chi connectivity index (χ4v) is 3.07. The van der Waals surface area contributed by atoms with Crippen molar-refractivity contribution in [2.24, 2.45) is 5.92 Å². The normalized spacial score (nSPS) is 21.3. The third kappa shape index (κ3) is 2.65. The van der Waals surface area contributed by atoms with E-state index in [1.807, 2.05) is 6.20 Å². The second-order valence-electron chi connectivity index (χ2n) is 5.51. The highest BCUT2D eigenvalue weighted by Crippen LogP contribution is 2.34. The van der Waals surface area contributed by atoms with Crippen LogP contribution in [0, 0.1) is 5.92 Å². The SMILES string of the molecule is CC(C)(C)c1cnc(N2CC(CS)CC2=O)s1. The molecule has 5 heteroatoms. The first-order valence-corrected chi connectivity index (χ1v) is 7.24. The Labute approximate surface area is 112 Å². The van der Waals surface area contributed by atoms with Crippen LogP contribution < -0.4 is 4.90 Å². The molecule has 1 fully saturated rings. The molecule has 2 rings (SSSR count). The number of carbonyl (C=O) groups is 1. The average molecular weight is 270 g/mol. The topological polar surface area (TPSA) is 33.2 Å². The second-order valence-corrected chi connectivity index (χ2v) is 6.89. The molecule has 17 heavy (non-hydrogen) atoms. The van der Waals surface area contributed by atoms with Gasteiger partial charge in [0, 0.05) is 24.0 Å². The lowest BCUT2D eigenvalue weighted by Crippen LogP contribution is -2.24. The Bertz CT molecular complexity index is 422. The highest BCUT2D eigenvalue weighted by Gasteiger charge is 2.32. The van der Waals surface area contributed by atoms with Gasteiger partial charge < -0.3 is 0 Å². The molecular weight excluding hydrogens is 252 g/mol. The minimum Gasteiger partial charge on any atom is -0.288 e. The molecular formula is C12H18N2OS2. The molecule has 1 aliphatic heterocycles. The summed E-state index contributed by atoms with van der Waals surface area (Å²) in [7, 11) is 0. The van der Waals surface area contributed by atoms with Gasteiger partial charge in [-0.2, -0.15) is 12.6 Å². The van der Waals surface area contributed by atoms with E-state index in [0.717, 1.165) is 17.4 Å². The van der Waals surface area contributed by atoms with E-state index < -0.39 is 0 Å². The van der Waals surface area contributed by atoms with Gasteiger partial charge in [0.2, 0.25) is 5.91 Å². The van der Waals surface area contributed by atoms with Crippen LogP contribution in [0.25, 0.3) is 0 Å². The maximum absolute atomic E-state index is 11.9. The summed E-state index contributed by atoms with van der Waals surface area (Å²) in [4.78, 5) is 19.3. The first-order valence-electron chi connectivity index (χ1n) is 5.79. The Hall–Kier alpha value is -0.550. The van der Waals surface area contributed by atoms with Crippen molar-refractivity contribution in [3.05, 3.63) is 11.1 Å². The van der Waals surface area contributed by atoms with E-state index >= 15 is 0 Å². The van der Waals surface area contributed by atoms with Crippen molar-refractivity contribution in [1.29, 1.82) is 0 Å². The molecule has 1 aromatic rings. The quantitative estimate of drug-likeness (QED) is 0.838.